The third-order valence-electron chi connectivity index (χ3n) is 4.87. The first-order valence-electron chi connectivity index (χ1n) is 10.9. The van der Waals surface area contributed by atoms with E-state index in [9.17, 15) is 18.0 Å². The van der Waals surface area contributed by atoms with Gasteiger partial charge in [-0.1, -0.05) is 46.8 Å². The normalized spacial score (nSPS) is 12.8. The molecule has 0 aliphatic carbocycles. The first-order chi connectivity index (χ1) is 14.6. The van der Waals surface area contributed by atoms with Crippen LogP contribution in [0.1, 0.15) is 78.2 Å². The molecule has 0 radical (unpaired) electrons. The van der Waals surface area contributed by atoms with Crippen LogP contribution in [0.5, 0.6) is 0 Å². The number of aromatic nitrogens is 1. The van der Waals surface area contributed by atoms with E-state index in [0.717, 1.165) is 6.42 Å². The van der Waals surface area contributed by atoms with E-state index in [4.69, 9.17) is 0 Å². The van der Waals surface area contributed by atoms with E-state index in [1.54, 1.807) is 18.2 Å². The number of hydrogen-bond acceptors (Lipinski definition) is 5. The quantitative estimate of drug-likeness (QED) is 0.605. The average molecular weight is 462 g/mol. The zero-order chi connectivity index (χ0) is 24.3. The molecule has 176 valence electrons. The van der Waals surface area contributed by atoms with Crippen molar-refractivity contribution in [3.8, 4) is 0 Å². The topological polar surface area (TPSA) is 105 Å². The summed E-state index contributed by atoms with van der Waals surface area (Å²) in [6, 6.07) is 6.29. The second kappa shape index (κ2) is 9.57. The van der Waals surface area contributed by atoms with Crippen LogP contribution in [0.25, 0.3) is 10.8 Å². The molecule has 0 aliphatic rings. The number of carbonyl (C=O) groups is 2. The van der Waals surface area contributed by atoms with E-state index in [0.29, 0.717) is 23.1 Å². The molecule has 0 fully saturated rings. The zero-order valence-corrected chi connectivity index (χ0v) is 20.9. The van der Waals surface area contributed by atoms with Crippen molar-refractivity contribution in [1.82, 2.24) is 15.0 Å². The number of carbonyl (C=O) groups excluding carboxylic acids is 2. The molecule has 8 heteroatoms. The maximum Gasteiger partial charge on any atom is 0.270 e. The highest BCUT2D eigenvalue weighted by molar-refractivity contribution is 7.90. The minimum Gasteiger partial charge on any atom is -0.346 e. The molecular formula is C24H35N3O4S. The number of sulfonamides is 1. The van der Waals surface area contributed by atoms with Crippen LogP contribution in [0.3, 0.4) is 0 Å². The summed E-state index contributed by atoms with van der Waals surface area (Å²) in [5.74, 6) is -0.569. The predicted molar refractivity (Wildman–Crippen MR) is 127 cm³/mol. The molecule has 0 bridgehead atoms. The van der Waals surface area contributed by atoms with Crippen molar-refractivity contribution in [2.24, 2.45) is 11.3 Å². The summed E-state index contributed by atoms with van der Waals surface area (Å²) in [5, 5.41) is 3.91. The smallest absolute Gasteiger partial charge is 0.270 e. The summed E-state index contributed by atoms with van der Waals surface area (Å²) in [4.78, 5) is 29.1. The highest BCUT2D eigenvalue weighted by atomic mass is 32.2. The number of hydrogen-bond donors (Lipinski definition) is 2. The van der Waals surface area contributed by atoms with Crippen molar-refractivity contribution in [3.63, 3.8) is 0 Å². The molecule has 2 amide bonds. The highest BCUT2D eigenvalue weighted by Crippen LogP contribution is 2.27. The number of fused-ring (bicyclic) bond motifs is 1. The maximum atomic E-state index is 12.8. The number of nitrogens with one attached hydrogen (secondary N) is 2. The van der Waals surface area contributed by atoms with Gasteiger partial charge in [-0.2, -0.15) is 0 Å². The lowest BCUT2D eigenvalue weighted by atomic mass is 9.82. The Bertz CT molecular complexity index is 1100. The van der Waals surface area contributed by atoms with Gasteiger partial charge in [-0.15, -0.1) is 0 Å². The molecule has 2 aromatic rings. The summed E-state index contributed by atoms with van der Waals surface area (Å²) in [6.07, 6.45) is 2.88. The molecule has 1 aromatic carbocycles. The van der Waals surface area contributed by atoms with Gasteiger partial charge >= 0.3 is 0 Å². The van der Waals surface area contributed by atoms with E-state index in [1.807, 2.05) is 27.7 Å². The Morgan fingerprint density at radius 3 is 2.34 bits per heavy atom. The molecule has 0 saturated heterocycles. The molecule has 32 heavy (non-hydrogen) atoms. The van der Waals surface area contributed by atoms with Crippen LogP contribution in [-0.4, -0.2) is 30.8 Å². The summed E-state index contributed by atoms with van der Waals surface area (Å²) < 4.78 is 27.7. The first-order valence-corrected chi connectivity index (χ1v) is 12.3. The van der Waals surface area contributed by atoms with E-state index < -0.39 is 21.5 Å². The van der Waals surface area contributed by atoms with Crippen LogP contribution in [0.4, 0.5) is 0 Å². The molecule has 0 spiro atoms. The van der Waals surface area contributed by atoms with Gasteiger partial charge in [0.15, 0.2) is 0 Å². The van der Waals surface area contributed by atoms with Crippen molar-refractivity contribution in [3.05, 3.63) is 36.2 Å². The predicted octanol–water partition coefficient (Wildman–Crippen LogP) is 4.42. The van der Waals surface area contributed by atoms with Crippen molar-refractivity contribution < 1.29 is 18.0 Å². The van der Waals surface area contributed by atoms with Crippen LogP contribution < -0.4 is 10.0 Å². The fourth-order valence-electron chi connectivity index (χ4n) is 3.92. The Hall–Kier alpha value is -2.48. The molecule has 7 nitrogen and oxygen atoms in total. The number of nitrogens with zero attached hydrogens (tertiary/aromatic N) is 1. The molecule has 2 N–H and O–H groups in total. The molecule has 0 atom stereocenters. The van der Waals surface area contributed by atoms with Crippen molar-refractivity contribution in [2.75, 3.05) is 0 Å². The van der Waals surface area contributed by atoms with Gasteiger partial charge in [0.05, 0.1) is 4.90 Å². The van der Waals surface area contributed by atoms with Crippen molar-refractivity contribution in [2.45, 2.75) is 78.2 Å². The van der Waals surface area contributed by atoms with Crippen LogP contribution in [0, 0.1) is 11.3 Å². The first kappa shape index (κ1) is 25.8. The van der Waals surface area contributed by atoms with E-state index in [2.05, 4.69) is 35.8 Å². The second-order valence-corrected chi connectivity index (χ2v) is 12.2. The van der Waals surface area contributed by atoms with Gasteiger partial charge in [0.1, 0.15) is 5.69 Å². The minimum absolute atomic E-state index is 0.0382. The summed E-state index contributed by atoms with van der Waals surface area (Å²) in [7, 11) is -4.06. The molecule has 2 rings (SSSR count). The van der Waals surface area contributed by atoms with Crippen molar-refractivity contribution in [1.29, 1.82) is 0 Å². The van der Waals surface area contributed by atoms with Crippen LogP contribution in [-0.2, 0) is 14.8 Å². The lowest BCUT2D eigenvalue weighted by molar-refractivity contribution is -0.119. The fraction of sp³-hybridized carbons (Fsp3) is 0.542. The number of rotatable bonds is 8. The van der Waals surface area contributed by atoms with E-state index >= 15 is 0 Å². The zero-order valence-electron chi connectivity index (χ0n) is 20.1. The Morgan fingerprint density at radius 1 is 1.09 bits per heavy atom. The highest BCUT2D eigenvalue weighted by Gasteiger charge is 2.28. The lowest BCUT2D eigenvalue weighted by Gasteiger charge is -2.33. The minimum atomic E-state index is -4.06. The monoisotopic (exact) mass is 461 g/mol. The fourth-order valence-corrected chi connectivity index (χ4v) is 5.15. The number of benzene rings is 1. The largest absolute Gasteiger partial charge is 0.346 e. The molecule has 0 aliphatic heterocycles. The van der Waals surface area contributed by atoms with Crippen LogP contribution in [0.15, 0.2) is 35.4 Å². The third kappa shape index (κ3) is 7.29. The summed E-state index contributed by atoms with van der Waals surface area (Å²) in [5.41, 5.74) is -0.191. The molecule has 0 unspecified atom stereocenters. The third-order valence-corrected chi connectivity index (χ3v) is 6.30. The molecule has 1 aromatic heterocycles. The van der Waals surface area contributed by atoms with Gasteiger partial charge in [0.2, 0.25) is 5.91 Å². The Morgan fingerprint density at radius 2 is 1.75 bits per heavy atom. The van der Waals surface area contributed by atoms with Gasteiger partial charge in [0.25, 0.3) is 15.9 Å². The van der Waals surface area contributed by atoms with E-state index in [1.165, 1.54) is 12.3 Å². The summed E-state index contributed by atoms with van der Waals surface area (Å²) in [6.45, 7) is 14.2. The van der Waals surface area contributed by atoms with Gasteiger partial charge in [-0.3, -0.25) is 14.6 Å². The second-order valence-electron chi connectivity index (χ2n) is 10.6. The SMILES string of the molecule is CC(C)CCC(=O)NS(=O)(=O)c1cccc2cc(C(=O)NC(C)(C)CC(C)(C)C)ncc12. The van der Waals surface area contributed by atoms with Crippen molar-refractivity contribution >= 4 is 32.6 Å². The average Bonchev–Trinajstić information content (AvgIpc) is 2.62. The molecule has 0 saturated carbocycles. The van der Waals surface area contributed by atoms with Gasteiger partial charge < -0.3 is 5.32 Å². The lowest BCUT2D eigenvalue weighted by Crippen LogP contribution is -2.46. The van der Waals surface area contributed by atoms with Gasteiger partial charge in [0, 0.05) is 23.5 Å². The van der Waals surface area contributed by atoms with Crippen LogP contribution >= 0.6 is 0 Å². The molecule has 1 heterocycles. The Balaban J connectivity index is 2.29. The number of pyridine rings is 1. The standard InChI is InChI=1S/C24H35N3O4S/c1-16(2)11-12-21(28)27-32(30,31)20-10-8-9-17-13-19(25-14-18(17)20)22(29)26-24(6,7)15-23(3,4)5/h8-10,13-14,16H,11-12,15H2,1-7H3,(H,26,29)(H,27,28). The molecular weight excluding hydrogens is 426 g/mol. The van der Waals surface area contributed by atoms with E-state index in [-0.39, 0.29) is 28.3 Å². The van der Waals surface area contributed by atoms with Gasteiger partial charge in [-0.25, -0.2) is 13.1 Å². The van der Waals surface area contributed by atoms with Gasteiger partial charge in [-0.05, 0) is 55.5 Å². The summed E-state index contributed by atoms with van der Waals surface area (Å²) >= 11 is 0. The maximum absolute atomic E-state index is 12.8. The Kier molecular flexibility index (Phi) is 7.71. The Labute approximate surface area is 191 Å². The number of amides is 2. The van der Waals surface area contributed by atoms with Crippen LogP contribution in [0.2, 0.25) is 0 Å².